The van der Waals surface area contributed by atoms with Crippen molar-refractivity contribution in [3.8, 4) is 0 Å². The minimum atomic E-state index is -3.79. The van der Waals surface area contributed by atoms with Gasteiger partial charge in [0.05, 0.1) is 11.2 Å². The van der Waals surface area contributed by atoms with Gasteiger partial charge in [0.15, 0.2) is 9.84 Å². The minimum absolute atomic E-state index is 0.140. The zero-order valence-electron chi connectivity index (χ0n) is 14.7. The third-order valence-corrected chi connectivity index (χ3v) is 6.41. The van der Waals surface area contributed by atoms with Crippen LogP contribution < -0.4 is 0 Å². The maximum Gasteiger partial charge on any atom is 0.186 e. The molecule has 1 N–H and O–H groups in total. The highest BCUT2D eigenvalue weighted by Crippen LogP contribution is 2.33. The molecular formula is C21H21NO4S. The number of hydroxylamine groups is 2. The van der Waals surface area contributed by atoms with Crippen molar-refractivity contribution >= 4 is 9.84 Å². The van der Waals surface area contributed by atoms with Gasteiger partial charge in [0.2, 0.25) is 0 Å². The molecule has 2 atom stereocenters. The molecule has 5 nitrogen and oxygen atoms in total. The summed E-state index contributed by atoms with van der Waals surface area (Å²) in [5, 5.41) is 10.7. The molecule has 0 saturated heterocycles. The normalized spacial score (nSPS) is 14.0. The van der Waals surface area contributed by atoms with Gasteiger partial charge in [-0.1, -0.05) is 54.6 Å². The first-order valence-electron chi connectivity index (χ1n) is 8.48. The van der Waals surface area contributed by atoms with Crippen molar-refractivity contribution in [2.75, 3.05) is 0 Å². The summed E-state index contributed by atoms with van der Waals surface area (Å²) >= 11 is 0. The Hall–Kier alpha value is -2.67. The van der Waals surface area contributed by atoms with Crippen LogP contribution in [0.5, 0.6) is 0 Å². The molecule has 0 saturated carbocycles. The lowest BCUT2D eigenvalue weighted by Gasteiger charge is -2.30. The third kappa shape index (κ3) is 4.19. The van der Waals surface area contributed by atoms with Crippen LogP contribution in [-0.2, 0) is 16.4 Å². The molecule has 3 rings (SSSR count). The summed E-state index contributed by atoms with van der Waals surface area (Å²) in [5.41, 5.74) is 0.844. The molecule has 0 fully saturated rings. The lowest BCUT2D eigenvalue weighted by atomic mass is 10.1. The fourth-order valence-electron chi connectivity index (χ4n) is 3.00. The first kappa shape index (κ1) is 19.1. The Balaban J connectivity index is 2.00. The molecule has 0 aliphatic carbocycles. The maximum atomic E-state index is 13.2. The van der Waals surface area contributed by atoms with Crippen LogP contribution in [0.3, 0.4) is 0 Å². The highest BCUT2D eigenvalue weighted by Gasteiger charge is 2.38. The fourth-order valence-corrected chi connectivity index (χ4v) is 4.72. The zero-order valence-corrected chi connectivity index (χ0v) is 15.5. The van der Waals surface area contributed by atoms with Crippen molar-refractivity contribution < 1.29 is 18.0 Å². The van der Waals surface area contributed by atoms with Crippen molar-refractivity contribution in [3.05, 3.63) is 103 Å². The van der Waals surface area contributed by atoms with Gasteiger partial charge in [-0.3, -0.25) is 0 Å². The summed E-state index contributed by atoms with van der Waals surface area (Å²) in [4.78, 5) is 0.166. The number of hydrogen-bond acceptors (Lipinski definition) is 5. The average molecular weight is 383 g/mol. The van der Waals surface area contributed by atoms with Crippen molar-refractivity contribution in [2.24, 2.45) is 0 Å². The van der Waals surface area contributed by atoms with Gasteiger partial charge in [-0.25, -0.2) is 8.42 Å². The van der Waals surface area contributed by atoms with E-state index in [-0.39, 0.29) is 11.4 Å². The van der Waals surface area contributed by atoms with Gasteiger partial charge < -0.3 is 9.62 Å². The molecule has 1 heterocycles. The molecule has 3 aromatic rings. The Bertz CT molecular complexity index is 954. The Kier molecular flexibility index (Phi) is 5.91. The van der Waals surface area contributed by atoms with E-state index >= 15 is 0 Å². The number of nitrogens with zero attached hydrogens (tertiary/aromatic N) is 1. The summed E-state index contributed by atoms with van der Waals surface area (Å²) in [7, 11) is -3.79. The topological polar surface area (TPSA) is 70.8 Å². The van der Waals surface area contributed by atoms with Crippen molar-refractivity contribution in [2.45, 2.75) is 22.7 Å². The highest BCUT2D eigenvalue weighted by molar-refractivity contribution is 7.92. The summed E-state index contributed by atoms with van der Waals surface area (Å²) in [5.74, 6) is 0.345. The molecule has 0 aliphatic heterocycles. The molecule has 0 radical (unpaired) electrons. The SMILES string of the molecule is C=C[C@H]([C@H](c1ccco1)N(O)Cc1ccccc1)S(=O)(=O)c1ccccc1. The number of furan rings is 1. The fraction of sp³-hybridized carbons (Fsp3) is 0.143. The smallest absolute Gasteiger partial charge is 0.186 e. The van der Waals surface area contributed by atoms with Crippen molar-refractivity contribution in [3.63, 3.8) is 0 Å². The summed E-state index contributed by atoms with van der Waals surface area (Å²) < 4.78 is 31.9. The van der Waals surface area contributed by atoms with E-state index in [9.17, 15) is 13.6 Å². The van der Waals surface area contributed by atoms with Crippen LogP contribution >= 0.6 is 0 Å². The Morgan fingerprint density at radius 1 is 1.00 bits per heavy atom. The van der Waals surface area contributed by atoms with Gasteiger partial charge in [-0.15, -0.1) is 6.58 Å². The molecule has 1 aromatic heterocycles. The monoisotopic (exact) mass is 383 g/mol. The number of rotatable bonds is 8. The second kappa shape index (κ2) is 8.35. The van der Waals surface area contributed by atoms with E-state index in [1.54, 1.807) is 30.3 Å². The molecule has 140 valence electrons. The lowest BCUT2D eigenvalue weighted by Crippen LogP contribution is -2.37. The van der Waals surface area contributed by atoms with Crippen molar-refractivity contribution in [1.29, 1.82) is 0 Å². The van der Waals surface area contributed by atoms with E-state index in [0.717, 1.165) is 10.6 Å². The van der Waals surface area contributed by atoms with Gasteiger partial charge in [0.25, 0.3) is 0 Å². The maximum absolute atomic E-state index is 13.2. The Morgan fingerprint density at radius 2 is 1.63 bits per heavy atom. The number of hydrogen-bond donors (Lipinski definition) is 1. The van der Waals surface area contributed by atoms with E-state index < -0.39 is 21.1 Å². The molecule has 0 amide bonds. The van der Waals surface area contributed by atoms with Crippen LogP contribution in [-0.4, -0.2) is 23.9 Å². The number of benzene rings is 2. The molecular weight excluding hydrogens is 362 g/mol. The molecule has 0 unspecified atom stereocenters. The first-order chi connectivity index (χ1) is 13.0. The second-order valence-corrected chi connectivity index (χ2v) is 8.21. The quantitative estimate of drug-likeness (QED) is 0.465. The second-order valence-electron chi connectivity index (χ2n) is 6.10. The predicted octanol–water partition coefficient (Wildman–Crippen LogP) is 4.24. The van der Waals surface area contributed by atoms with E-state index in [4.69, 9.17) is 4.42 Å². The average Bonchev–Trinajstić information content (AvgIpc) is 3.21. The molecule has 0 bridgehead atoms. The van der Waals surface area contributed by atoms with Gasteiger partial charge >= 0.3 is 0 Å². The molecule has 6 heteroatoms. The van der Waals surface area contributed by atoms with Crippen LogP contribution in [0.1, 0.15) is 17.4 Å². The molecule has 27 heavy (non-hydrogen) atoms. The zero-order chi connectivity index (χ0) is 19.3. The first-order valence-corrected chi connectivity index (χ1v) is 10.0. The van der Waals surface area contributed by atoms with E-state index in [1.807, 2.05) is 30.3 Å². The van der Waals surface area contributed by atoms with E-state index in [1.165, 1.54) is 24.5 Å². The number of sulfone groups is 1. The van der Waals surface area contributed by atoms with Gasteiger partial charge in [0, 0.05) is 6.54 Å². The van der Waals surface area contributed by atoms with E-state index in [0.29, 0.717) is 5.76 Å². The highest BCUT2D eigenvalue weighted by atomic mass is 32.2. The van der Waals surface area contributed by atoms with Crippen LogP contribution in [0.15, 0.2) is 101 Å². The minimum Gasteiger partial charge on any atom is -0.468 e. The van der Waals surface area contributed by atoms with Gasteiger partial charge in [-0.05, 0) is 29.8 Å². The molecule has 2 aromatic carbocycles. The molecule has 0 aliphatic rings. The van der Waals surface area contributed by atoms with E-state index in [2.05, 4.69) is 6.58 Å². The standard InChI is InChI=1S/C21H21NO4S/c1-2-20(27(24,25)18-12-7-4-8-13-18)21(19-14-9-15-26-19)22(23)16-17-10-5-3-6-11-17/h2-15,20-21,23H,1,16H2/t20-,21+/m1/s1. The van der Waals surface area contributed by atoms with Crippen LogP contribution in [0.2, 0.25) is 0 Å². The summed E-state index contributed by atoms with van der Waals surface area (Å²) in [6.45, 7) is 3.85. The Morgan fingerprint density at radius 3 is 2.19 bits per heavy atom. The summed E-state index contributed by atoms with van der Waals surface area (Å²) in [6, 6.07) is 19.8. The van der Waals surface area contributed by atoms with Crippen molar-refractivity contribution in [1.82, 2.24) is 5.06 Å². The largest absolute Gasteiger partial charge is 0.468 e. The van der Waals surface area contributed by atoms with Gasteiger partial charge in [-0.2, -0.15) is 5.06 Å². The van der Waals surface area contributed by atoms with Crippen LogP contribution in [0.25, 0.3) is 0 Å². The Labute approximate surface area is 159 Å². The summed E-state index contributed by atoms with van der Waals surface area (Å²) in [6.07, 6.45) is 2.79. The lowest BCUT2D eigenvalue weighted by molar-refractivity contribution is -0.140. The van der Waals surface area contributed by atoms with Gasteiger partial charge in [0.1, 0.15) is 17.1 Å². The third-order valence-electron chi connectivity index (χ3n) is 4.32. The van der Waals surface area contributed by atoms with Crippen LogP contribution in [0.4, 0.5) is 0 Å². The molecule has 0 spiro atoms. The predicted molar refractivity (Wildman–Crippen MR) is 103 cm³/mol. The van der Waals surface area contributed by atoms with Crippen LogP contribution in [0, 0.1) is 0 Å².